The van der Waals surface area contributed by atoms with E-state index in [-0.39, 0.29) is 30.3 Å². The Morgan fingerprint density at radius 3 is 1.66 bits per heavy atom. The van der Waals surface area contributed by atoms with Gasteiger partial charge in [-0.2, -0.15) is 11.8 Å². The molecule has 0 aliphatic carbocycles. The first-order valence-corrected chi connectivity index (χ1v) is 14.7. The predicted octanol–water partition coefficient (Wildman–Crippen LogP) is 1.55. The Balaban J connectivity index is 2.26. The summed E-state index contributed by atoms with van der Waals surface area (Å²) in [6.07, 6.45) is 2.57. The number of thioether (sulfide) groups is 1. The average molecular weight is 589 g/mol. The molecule has 12 heteroatoms. The molecule has 0 bridgehead atoms. The molecule has 4 atom stereocenters. The first kappa shape index (κ1) is 33.4. The van der Waals surface area contributed by atoms with Gasteiger partial charge in [-0.15, -0.1) is 0 Å². The van der Waals surface area contributed by atoms with Gasteiger partial charge in [-0.25, -0.2) is 4.79 Å². The van der Waals surface area contributed by atoms with Gasteiger partial charge >= 0.3 is 5.97 Å². The number of hydrogen-bond donors (Lipinski definition) is 7. The van der Waals surface area contributed by atoms with Crippen LogP contribution in [-0.2, 0) is 32.0 Å². The van der Waals surface area contributed by atoms with Crippen molar-refractivity contribution in [1.82, 2.24) is 16.0 Å². The zero-order valence-corrected chi connectivity index (χ0v) is 24.3. The van der Waals surface area contributed by atoms with Gasteiger partial charge in [0.15, 0.2) is 0 Å². The standard InChI is InChI=1S/C29H40N4O7S/c1-17(2)14-23(31-26(36)22(30)12-13-41-3)27(37)32-24(15-18-4-8-20(34)9-5-18)28(38)33-25(29(39)40)16-19-6-10-21(35)11-7-19/h4-11,17,22-25,34-35H,12-16,30H2,1-3H3,(H,31,36)(H,32,37)(H,33,38)(H,39,40). The Kier molecular flexibility index (Phi) is 13.4. The minimum absolute atomic E-state index is 0.00101. The molecule has 0 spiro atoms. The Morgan fingerprint density at radius 1 is 0.756 bits per heavy atom. The fourth-order valence-corrected chi connectivity index (χ4v) is 4.54. The molecular weight excluding hydrogens is 548 g/mol. The molecule has 0 aliphatic rings. The molecule has 0 radical (unpaired) electrons. The summed E-state index contributed by atoms with van der Waals surface area (Å²) in [5.41, 5.74) is 7.17. The van der Waals surface area contributed by atoms with Crippen LogP contribution in [0, 0.1) is 5.92 Å². The van der Waals surface area contributed by atoms with Crippen molar-refractivity contribution in [3.63, 3.8) is 0 Å². The highest BCUT2D eigenvalue weighted by molar-refractivity contribution is 7.98. The molecule has 2 aromatic carbocycles. The zero-order valence-electron chi connectivity index (χ0n) is 23.5. The molecule has 0 aliphatic heterocycles. The minimum atomic E-state index is -1.31. The van der Waals surface area contributed by atoms with Crippen LogP contribution in [0.25, 0.3) is 0 Å². The lowest BCUT2D eigenvalue weighted by Gasteiger charge is -2.26. The van der Waals surface area contributed by atoms with Crippen molar-refractivity contribution in [3.8, 4) is 11.5 Å². The van der Waals surface area contributed by atoms with E-state index in [4.69, 9.17) is 5.73 Å². The maximum atomic E-state index is 13.4. The number of aliphatic carboxylic acids is 1. The summed E-state index contributed by atoms with van der Waals surface area (Å²) in [7, 11) is 0. The summed E-state index contributed by atoms with van der Waals surface area (Å²) in [6.45, 7) is 3.78. The van der Waals surface area contributed by atoms with Crippen molar-refractivity contribution in [3.05, 3.63) is 59.7 Å². The topological polar surface area (TPSA) is 191 Å². The van der Waals surface area contributed by atoms with Gasteiger partial charge in [-0.1, -0.05) is 38.1 Å². The van der Waals surface area contributed by atoms with Crippen molar-refractivity contribution < 1.29 is 34.5 Å². The molecule has 2 rings (SSSR count). The number of phenols is 2. The van der Waals surface area contributed by atoms with Gasteiger partial charge in [0, 0.05) is 12.8 Å². The van der Waals surface area contributed by atoms with E-state index in [1.807, 2.05) is 20.1 Å². The van der Waals surface area contributed by atoms with Crippen LogP contribution in [0.3, 0.4) is 0 Å². The molecule has 3 amide bonds. The number of nitrogens with one attached hydrogen (secondary N) is 3. The molecule has 8 N–H and O–H groups in total. The summed E-state index contributed by atoms with van der Waals surface area (Å²) in [5.74, 6) is -2.33. The zero-order chi connectivity index (χ0) is 30.5. The van der Waals surface area contributed by atoms with Gasteiger partial charge in [-0.05, 0) is 66.2 Å². The van der Waals surface area contributed by atoms with Gasteiger partial charge in [0.05, 0.1) is 6.04 Å². The summed E-state index contributed by atoms with van der Waals surface area (Å²) in [6, 6.07) is 7.73. The van der Waals surface area contributed by atoms with Crippen molar-refractivity contribution >= 4 is 35.5 Å². The smallest absolute Gasteiger partial charge is 0.326 e. The lowest BCUT2D eigenvalue weighted by Crippen LogP contribution is -2.58. The van der Waals surface area contributed by atoms with E-state index in [0.717, 1.165) is 0 Å². The number of carboxylic acids is 1. The van der Waals surface area contributed by atoms with Crippen molar-refractivity contribution in [2.75, 3.05) is 12.0 Å². The number of carbonyl (C=O) groups excluding carboxylic acids is 3. The fraction of sp³-hybridized carbons (Fsp3) is 0.448. The van der Waals surface area contributed by atoms with Crippen LogP contribution in [0.5, 0.6) is 11.5 Å². The van der Waals surface area contributed by atoms with Crippen molar-refractivity contribution in [2.24, 2.45) is 11.7 Å². The number of nitrogens with two attached hydrogens (primary N) is 1. The van der Waals surface area contributed by atoms with Gasteiger partial charge in [-0.3, -0.25) is 14.4 Å². The first-order chi connectivity index (χ1) is 19.4. The van der Waals surface area contributed by atoms with Gasteiger partial charge < -0.3 is 37.0 Å². The van der Waals surface area contributed by atoms with Gasteiger partial charge in [0.2, 0.25) is 17.7 Å². The third-order valence-electron chi connectivity index (χ3n) is 6.31. The molecule has 0 fully saturated rings. The highest BCUT2D eigenvalue weighted by Gasteiger charge is 2.31. The van der Waals surface area contributed by atoms with Crippen molar-refractivity contribution in [1.29, 1.82) is 0 Å². The van der Waals surface area contributed by atoms with Crippen LogP contribution < -0.4 is 21.7 Å². The largest absolute Gasteiger partial charge is 0.508 e. The average Bonchev–Trinajstić information content (AvgIpc) is 2.92. The molecule has 41 heavy (non-hydrogen) atoms. The second-order valence-corrected chi connectivity index (χ2v) is 11.3. The first-order valence-electron chi connectivity index (χ1n) is 13.3. The molecule has 224 valence electrons. The number of rotatable bonds is 16. The summed E-state index contributed by atoms with van der Waals surface area (Å²) in [4.78, 5) is 51.5. The number of amides is 3. The molecular formula is C29H40N4O7S. The summed E-state index contributed by atoms with van der Waals surface area (Å²) >= 11 is 1.55. The SMILES string of the molecule is CSCCC(N)C(=O)NC(CC(C)C)C(=O)NC(Cc1ccc(O)cc1)C(=O)NC(Cc1ccc(O)cc1)C(=O)O. The Labute approximate surface area is 244 Å². The molecule has 0 aromatic heterocycles. The highest BCUT2D eigenvalue weighted by Crippen LogP contribution is 2.14. The van der Waals surface area contributed by atoms with E-state index in [2.05, 4.69) is 16.0 Å². The van der Waals surface area contributed by atoms with E-state index in [9.17, 15) is 34.5 Å². The molecule has 0 saturated carbocycles. The Bertz CT molecular complexity index is 1160. The number of carbonyl (C=O) groups is 4. The maximum absolute atomic E-state index is 13.4. The van der Waals surface area contributed by atoms with E-state index >= 15 is 0 Å². The van der Waals surface area contributed by atoms with Crippen LogP contribution in [0.2, 0.25) is 0 Å². The second-order valence-electron chi connectivity index (χ2n) is 10.3. The van der Waals surface area contributed by atoms with Crippen molar-refractivity contribution in [2.45, 2.75) is 63.7 Å². The normalized spacial score (nSPS) is 14.0. The van der Waals surface area contributed by atoms with Crippen LogP contribution in [-0.4, -0.2) is 75.2 Å². The predicted molar refractivity (Wildman–Crippen MR) is 157 cm³/mol. The Morgan fingerprint density at radius 2 is 1.20 bits per heavy atom. The Hall–Kier alpha value is -3.77. The monoisotopic (exact) mass is 588 g/mol. The summed E-state index contributed by atoms with van der Waals surface area (Å²) < 4.78 is 0. The van der Waals surface area contributed by atoms with Crippen LogP contribution in [0.4, 0.5) is 0 Å². The van der Waals surface area contributed by atoms with Gasteiger partial charge in [0.25, 0.3) is 0 Å². The number of benzene rings is 2. The van der Waals surface area contributed by atoms with E-state index in [1.165, 1.54) is 24.3 Å². The third kappa shape index (κ3) is 11.7. The van der Waals surface area contributed by atoms with E-state index in [1.54, 1.807) is 36.0 Å². The molecule has 0 saturated heterocycles. The fourth-order valence-electron chi connectivity index (χ4n) is 4.05. The van der Waals surface area contributed by atoms with Crippen LogP contribution >= 0.6 is 11.8 Å². The highest BCUT2D eigenvalue weighted by atomic mass is 32.2. The number of hydrogen-bond acceptors (Lipinski definition) is 8. The second kappa shape index (κ2) is 16.5. The maximum Gasteiger partial charge on any atom is 0.326 e. The minimum Gasteiger partial charge on any atom is -0.508 e. The third-order valence-corrected chi connectivity index (χ3v) is 6.95. The molecule has 11 nitrogen and oxygen atoms in total. The number of phenolic OH excluding ortho intramolecular Hbond substituents is 2. The van der Waals surface area contributed by atoms with Gasteiger partial charge in [0.1, 0.15) is 29.6 Å². The summed E-state index contributed by atoms with van der Waals surface area (Å²) in [5, 5.41) is 36.8. The number of carboxylic acid groups (broad SMARTS) is 1. The lowest BCUT2D eigenvalue weighted by molar-refractivity contribution is -0.142. The number of aromatic hydroxyl groups is 2. The van der Waals surface area contributed by atoms with Crippen LogP contribution in [0.1, 0.15) is 37.8 Å². The molecule has 2 aromatic rings. The van der Waals surface area contributed by atoms with E-state index < -0.39 is 47.9 Å². The lowest BCUT2D eigenvalue weighted by atomic mass is 10.00. The molecule has 0 heterocycles. The van der Waals surface area contributed by atoms with E-state index in [0.29, 0.717) is 29.7 Å². The van der Waals surface area contributed by atoms with Crippen LogP contribution in [0.15, 0.2) is 48.5 Å². The quantitative estimate of drug-likeness (QED) is 0.152. The molecule has 4 unspecified atom stereocenters.